The predicted molar refractivity (Wildman–Crippen MR) is 78.0 cm³/mol. The van der Waals surface area contributed by atoms with E-state index < -0.39 is 5.97 Å². The fourth-order valence-electron chi connectivity index (χ4n) is 2.49. The molecule has 6 nitrogen and oxygen atoms in total. The highest BCUT2D eigenvalue weighted by atomic mass is 16.7. The van der Waals surface area contributed by atoms with Gasteiger partial charge >= 0.3 is 5.97 Å². The summed E-state index contributed by atoms with van der Waals surface area (Å²) in [6, 6.07) is 5.64. The number of hydrogen-bond donors (Lipinski definition) is 1. The van der Waals surface area contributed by atoms with Crippen LogP contribution in [0.5, 0.6) is 11.5 Å². The standard InChI is InChI=1S/C15H16N2O4/c1-2-5-17(8-14(18)19)15-11-7-13-12(20-9-21-13)6-10(11)3-4-16-15/h3-4,6-7H,2,5,8-9H2,1H3,(H,18,19). The first-order valence-electron chi connectivity index (χ1n) is 6.84. The Morgan fingerprint density at radius 3 is 2.86 bits per heavy atom. The SMILES string of the molecule is CCCN(CC(=O)O)c1nccc2cc3c(cc12)OCO3. The highest BCUT2D eigenvalue weighted by Crippen LogP contribution is 2.38. The largest absolute Gasteiger partial charge is 0.480 e. The monoisotopic (exact) mass is 288 g/mol. The number of nitrogens with zero attached hydrogens (tertiary/aromatic N) is 2. The molecule has 0 saturated carbocycles. The highest BCUT2D eigenvalue weighted by Gasteiger charge is 2.19. The van der Waals surface area contributed by atoms with Gasteiger partial charge in [0.1, 0.15) is 12.4 Å². The van der Waals surface area contributed by atoms with Crippen molar-refractivity contribution in [1.82, 2.24) is 4.98 Å². The van der Waals surface area contributed by atoms with Crippen LogP contribution >= 0.6 is 0 Å². The molecule has 0 radical (unpaired) electrons. The molecule has 21 heavy (non-hydrogen) atoms. The van der Waals surface area contributed by atoms with Gasteiger partial charge in [-0.3, -0.25) is 4.79 Å². The number of anilines is 1. The summed E-state index contributed by atoms with van der Waals surface area (Å²) in [6.07, 6.45) is 2.53. The van der Waals surface area contributed by atoms with Crippen molar-refractivity contribution in [2.45, 2.75) is 13.3 Å². The number of carboxylic acids is 1. The van der Waals surface area contributed by atoms with Crippen molar-refractivity contribution in [3.8, 4) is 11.5 Å². The van der Waals surface area contributed by atoms with Gasteiger partial charge in [0.15, 0.2) is 11.5 Å². The maximum Gasteiger partial charge on any atom is 0.323 e. The molecule has 0 spiro atoms. The highest BCUT2D eigenvalue weighted by molar-refractivity contribution is 5.95. The van der Waals surface area contributed by atoms with Crippen LogP contribution in [0.4, 0.5) is 5.82 Å². The second kappa shape index (κ2) is 5.47. The lowest BCUT2D eigenvalue weighted by atomic mass is 10.1. The Morgan fingerprint density at radius 2 is 2.14 bits per heavy atom. The second-order valence-corrected chi connectivity index (χ2v) is 4.88. The molecule has 0 fully saturated rings. The summed E-state index contributed by atoms with van der Waals surface area (Å²) in [5.41, 5.74) is 0. The molecule has 1 aliphatic rings. The van der Waals surface area contributed by atoms with E-state index in [1.807, 2.05) is 25.1 Å². The molecular formula is C15H16N2O4. The average Bonchev–Trinajstić information content (AvgIpc) is 2.90. The zero-order chi connectivity index (χ0) is 14.8. The van der Waals surface area contributed by atoms with E-state index >= 15 is 0 Å². The van der Waals surface area contributed by atoms with Crippen LogP contribution in [0.15, 0.2) is 24.4 Å². The topological polar surface area (TPSA) is 71.9 Å². The van der Waals surface area contributed by atoms with E-state index in [1.54, 1.807) is 11.1 Å². The minimum atomic E-state index is -0.872. The van der Waals surface area contributed by atoms with Crippen molar-refractivity contribution in [3.05, 3.63) is 24.4 Å². The van der Waals surface area contributed by atoms with Gasteiger partial charge in [-0.15, -0.1) is 0 Å². The molecule has 0 bridgehead atoms. The number of benzene rings is 1. The fraction of sp³-hybridized carbons (Fsp3) is 0.333. The van der Waals surface area contributed by atoms with Crippen molar-refractivity contribution >= 4 is 22.6 Å². The van der Waals surface area contributed by atoms with E-state index in [4.69, 9.17) is 14.6 Å². The third kappa shape index (κ3) is 2.56. The number of fused-ring (bicyclic) bond motifs is 2. The van der Waals surface area contributed by atoms with E-state index in [1.165, 1.54) is 0 Å². The zero-order valence-electron chi connectivity index (χ0n) is 11.7. The van der Waals surface area contributed by atoms with Crippen molar-refractivity contribution in [3.63, 3.8) is 0 Å². The molecule has 110 valence electrons. The first-order chi connectivity index (χ1) is 10.2. The van der Waals surface area contributed by atoms with Crippen LogP contribution in [0, 0.1) is 0 Å². The smallest absolute Gasteiger partial charge is 0.323 e. The summed E-state index contributed by atoms with van der Waals surface area (Å²) in [7, 11) is 0. The Labute approximate surface area is 121 Å². The first-order valence-corrected chi connectivity index (χ1v) is 6.84. The summed E-state index contributed by atoms with van der Waals surface area (Å²) in [5, 5.41) is 10.9. The summed E-state index contributed by atoms with van der Waals surface area (Å²) in [5.74, 6) is 1.17. The van der Waals surface area contributed by atoms with E-state index in [0.29, 0.717) is 23.9 Å². The van der Waals surface area contributed by atoms with Crippen molar-refractivity contribution < 1.29 is 19.4 Å². The van der Waals surface area contributed by atoms with Crippen molar-refractivity contribution in [2.75, 3.05) is 24.8 Å². The van der Waals surface area contributed by atoms with Crippen LogP contribution in [-0.4, -0.2) is 35.9 Å². The molecule has 0 amide bonds. The third-order valence-electron chi connectivity index (χ3n) is 3.36. The molecule has 2 aromatic rings. The Balaban J connectivity index is 2.10. The molecular weight excluding hydrogens is 272 g/mol. The molecule has 0 unspecified atom stereocenters. The summed E-state index contributed by atoms with van der Waals surface area (Å²) < 4.78 is 10.8. The van der Waals surface area contributed by atoms with E-state index in [0.717, 1.165) is 17.2 Å². The van der Waals surface area contributed by atoms with Crippen LogP contribution in [0.3, 0.4) is 0 Å². The Morgan fingerprint density at radius 1 is 1.38 bits per heavy atom. The number of aliphatic carboxylic acids is 1. The minimum absolute atomic E-state index is 0.0750. The van der Waals surface area contributed by atoms with Crippen LogP contribution < -0.4 is 14.4 Å². The number of pyridine rings is 1. The Bertz CT molecular complexity index is 687. The van der Waals surface area contributed by atoms with Crippen LogP contribution in [0.1, 0.15) is 13.3 Å². The predicted octanol–water partition coefficient (Wildman–Crippen LogP) is 2.26. The molecule has 3 rings (SSSR count). The molecule has 0 saturated heterocycles. The molecule has 1 aliphatic heterocycles. The fourth-order valence-corrected chi connectivity index (χ4v) is 2.49. The minimum Gasteiger partial charge on any atom is -0.480 e. The van der Waals surface area contributed by atoms with Gasteiger partial charge in [-0.2, -0.15) is 0 Å². The maximum atomic E-state index is 11.1. The van der Waals surface area contributed by atoms with Gasteiger partial charge in [-0.1, -0.05) is 6.92 Å². The van der Waals surface area contributed by atoms with Gasteiger partial charge < -0.3 is 19.5 Å². The first kappa shape index (κ1) is 13.5. The van der Waals surface area contributed by atoms with E-state index in [2.05, 4.69) is 4.98 Å². The zero-order valence-corrected chi connectivity index (χ0v) is 11.7. The summed E-state index contributed by atoms with van der Waals surface area (Å²) >= 11 is 0. The second-order valence-electron chi connectivity index (χ2n) is 4.88. The van der Waals surface area contributed by atoms with Gasteiger partial charge in [-0.05, 0) is 30.0 Å². The summed E-state index contributed by atoms with van der Waals surface area (Å²) in [4.78, 5) is 17.2. The van der Waals surface area contributed by atoms with Crippen LogP contribution in [-0.2, 0) is 4.79 Å². The number of carbonyl (C=O) groups is 1. The molecule has 2 heterocycles. The quantitative estimate of drug-likeness (QED) is 0.910. The lowest BCUT2D eigenvalue weighted by Gasteiger charge is -2.22. The van der Waals surface area contributed by atoms with E-state index in [9.17, 15) is 4.79 Å². The molecule has 1 aromatic heterocycles. The Kier molecular flexibility index (Phi) is 3.51. The number of ether oxygens (including phenoxy) is 2. The third-order valence-corrected chi connectivity index (χ3v) is 3.36. The number of hydrogen-bond acceptors (Lipinski definition) is 5. The van der Waals surface area contributed by atoms with Gasteiger partial charge in [0.2, 0.25) is 6.79 Å². The van der Waals surface area contributed by atoms with Crippen molar-refractivity contribution in [2.24, 2.45) is 0 Å². The van der Waals surface area contributed by atoms with Crippen molar-refractivity contribution in [1.29, 1.82) is 0 Å². The molecule has 0 atom stereocenters. The number of rotatable bonds is 5. The van der Waals surface area contributed by atoms with Gasteiger partial charge in [0, 0.05) is 18.1 Å². The molecule has 1 aromatic carbocycles. The Hall–Kier alpha value is -2.50. The van der Waals surface area contributed by atoms with E-state index in [-0.39, 0.29) is 13.3 Å². The maximum absolute atomic E-state index is 11.1. The van der Waals surface area contributed by atoms with Crippen LogP contribution in [0.25, 0.3) is 10.8 Å². The summed E-state index contributed by atoms with van der Waals surface area (Å²) in [6.45, 7) is 2.78. The number of carboxylic acid groups (broad SMARTS) is 1. The molecule has 6 heteroatoms. The molecule has 0 aliphatic carbocycles. The molecule has 1 N–H and O–H groups in total. The van der Waals surface area contributed by atoms with Gasteiger partial charge in [-0.25, -0.2) is 4.98 Å². The van der Waals surface area contributed by atoms with Gasteiger partial charge in [0.25, 0.3) is 0 Å². The lowest BCUT2D eigenvalue weighted by molar-refractivity contribution is -0.135. The van der Waals surface area contributed by atoms with Gasteiger partial charge in [0.05, 0.1) is 0 Å². The lowest BCUT2D eigenvalue weighted by Crippen LogP contribution is -2.31. The number of aromatic nitrogens is 1. The normalized spacial score (nSPS) is 12.6. The van der Waals surface area contributed by atoms with Crippen LogP contribution in [0.2, 0.25) is 0 Å². The average molecular weight is 288 g/mol.